The van der Waals surface area contributed by atoms with Gasteiger partial charge in [-0.2, -0.15) is 0 Å². The van der Waals surface area contributed by atoms with E-state index in [0.29, 0.717) is 5.56 Å². The summed E-state index contributed by atoms with van der Waals surface area (Å²) in [5, 5.41) is 4.05. The molecule has 0 aliphatic rings. The van der Waals surface area contributed by atoms with Crippen molar-refractivity contribution in [3.05, 3.63) is 44.7 Å². The zero-order valence-corrected chi connectivity index (χ0v) is 14.0. The SMILES string of the molecule is CCC(NC(=O)c1cc(C)nc(C)c1)c1nc(C)c(C)s1. The van der Waals surface area contributed by atoms with Crippen LogP contribution in [0.3, 0.4) is 0 Å². The summed E-state index contributed by atoms with van der Waals surface area (Å²) in [6.07, 6.45) is 0.821. The zero-order valence-electron chi connectivity index (χ0n) is 13.2. The van der Waals surface area contributed by atoms with Gasteiger partial charge < -0.3 is 5.32 Å². The predicted molar refractivity (Wildman–Crippen MR) is 85.8 cm³/mol. The van der Waals surface area contributed by atoms with Crippen molar-refractivity contribution in [2.45, 2.75) is 47.1 Å². The maximum atomic E-state index is 12.4. The van der Waals surface area contributed by atoms with E-state index in [1.165, 1.54) is 4.88 Å². The van der Waals surface area contributed by atoms with Gasteiger partial charge in [-0.3, -0.25) is 9.78 Å². The van der Waals surface area contributed by atoms with Gasteiger partial charge in [0.05, 0.1) is 11.7 Å². The van der Waals surface area contributed by atoms with E-state index in [2.05, 4.69) is 29.1 Å². The second kappa shape index (κ2) is 6.35. The van der Waals surface area contributed by atoms with Crippen molar-refractivity contribution >= 4 is 17.2 Å². The number of rotatable bonds is 4. The Balaban J connectivity index is 2.19. The average Bonchev–Trinajstić information content (AvgIpc) is 2.74. The Labute approximate surface area is 129 Å². The fourth-order valence-corrected chi connectivity index (χ4v) is 3.25. The Morgan fingerprint density at radius 2 is 1.81 bits per heavy atom. The molecule has 2 rings (SSSR count). The van der Waals surface area contributed by atoms with Gasteiger partial charge in [0.25, 0.3) is 5.91 Å². The molecule has 0 aliphatic heterocycles. The molecule has 0 bridgehead atoms. The molecule has 1 N–H and O–H groups in total. The average molecular weight is 303 g/mol. The van der Waals surface area contributed by atoms with Crippen LogP contribution in [0, 0.1) is 27.7 Å². The molecular formula is C16H21N3OS. The summed E-state index contributed by atoms with van der Waals surface area (Å²) in [6, 6.07) is 3.59. The van der Waals surface area contributed by atoms with E-state index in [0.717, 1.165) is 28.5 Å². The van der Waals surface area contributed by atoms with Gasteiger partial charge in [0.2, 0.25) is 0 Å². The van der Waals surface area contributed by atoms with Gasteiger partial charge in [0, 0.05) is 21.8 Å². The lowest BCUT2D eigenvalue weighted by molar-refractivity contribution is 0.0935. The van der Waals surface area contributed by atoms with Crippen molar-refractivity contribution in [3.63, 3.8) is 0 Å². The molecule has 21 heavy (non-hydrogen) atoms. The molecule has 112 valence electrons. The molecule has 0 fully saturated rings. The fraction of sp³-hybridized carbons (Fsp3) is 0.438. The van der Waals surface area contributed by atoms with Gasteiger partial charge in [-0.05, 0) is 46.2 Å². The number of pyridine rings is 1. The molecule has 0 radical (unpaired) electrons. The lowest BCUT2D eigenvalue weighted by Crippen LogP contribution is -2.28. The number of hydrogen-bond acceptors (Lipinski definition) is 4. The molecular weight excluding hydrogens is 282 g/mol. The first-order valence-electron chi connectivity index (χ1n) is 7.10. The van der Waals surface area contributed by atoms with E-state index in [4.69, 9.17) is 0 Å². The number of amides is 1. The first-order valence-corrected chi connectivity index (χ1v) is 7.92. The minimum Gasteiger partial charge on any atom is -0.343 e. The van der Waals surface area contributed by atoms with Crippen LogP contribution in [0.25, 0.3) is 0 Å². The van der Waals surface area contributed by atoms with Crippen LogP contribution in [0.5, 0.6) is 0 Å². The Morgan fingerprint density at radius 1 is 1.19 bits per heavy atom. The van der Waals surface area contributed by atoms with Crippen molar-refractivity contribution in [3.8, 4) is 0 Å². The third kappa shape index (κ3) is 3.67. The number of nitrogens with one attached hydrogen (secondary N) is 1. The van der Waals surface area contributed by atoms with E-state index in [-0.39, 0.29) is 11.9 Å². The van der Waals surface area contributed by atoms with Gasteiger partial charge in [-0.25, -0.2) is 4.98 Å². The van der Waals surface area contributed by atoms with Crippen molar-refractivity contribution in [1.82, 2.24) is 15.3 Å². The predicted octanol–water partition coefficient (Wildman–Crippen LogP) is 3.65. The highest BCUT2D eigenvalue weighted by atomic mass is 32.1. The third-order valence-electron chi connectivity index (χ3n) is 3.40. The first kappa shape index (κ1) is 15.6. The van der Waals surface area contributed by atoms with Crippen LogP contribution in [0.2, 0.25) is 0 Å². The number of carbonyl (C=O) groups is 1. The summed E-state index contributed by atoms with van der Waals surface area (Å²) in [4.78, 5) is 22.5. The number of thiazole rings is 1. The normalized spacial score (nSPS) is 12.2. The molecule has 1 amide bonds. The van der Waals surface area contributed by atoms with Crippen LogP contribution >= 0.6 is 11.3 Å². The maximum Gasteiger partial charge on any atom is 0.251 e. The van der Waals surface area contributed by atoms with E-state index in [9.17, 15) is 4.79 Å². The van der Waals surface area contributed by atoms with Gasteiger partial charge in [0.15, 0.2) is 0 Å². The Bertz CT molecular complexity index is 624. The van der Waals surface area contributed by atoms with Crippen molar-refractivity contribution in [2.24, 2.45) is 0 Å². The van der Waals surface area contributed by atoms with Crippen LogP contribution in [-0.4, -0.2) is 15.9 Å². The topological polar surface area (TPSA) is 54.9 Å². The molecule has 4 nitrogen and oxygen atoms in total. The molecule has 2 aromatic rings. The molecule has 0 spiro atoms. The second-order valence-electron chi connectivity index (χ2n) is 5.27. The molecule has 1 atom stereocenters. The molecule has 5 heteroatoms. The first-order chi connectivity index (χ1) is 9.90. The van der Waals surface area contributed by atoms with Crippen molar-refractivity contribution in [1.29, 1.82) is 0 Å². The lowest BCUT2D eigenvalue weighted by Gasteiger charge is -2.15. The smallest absolute Gasteiger partial charge is 0.251 e. The highest BCUT2D eigenvalue weighted by Gasteiger charge is 2.18. The number of carbonyl (C=O) groups excluding carboxylic acids is 1. The van der Waals surface area contributed by atoms with E-state index in [1.54, 1.807) is 11.3 Å². The van der Waals surface area contributed by atoms with Crippen molar-refractivity contribution < 1.29 is 4.79 Å². The van der Waals surface area contributed by atoms with Crippen LogP contribution in [0.1, 0.15) is 56.7 Å². The zero-order chi connectivity index (χ0) is 15.6. The number of aromatic nitrogens is 2. The van der Waals surface area contributed by atoms with Crippen molar-refractivity contribution in [2.75, 3.05) is 0 Å². The quantitative estimate of drug-likeness (QED) is 0.938. The molecule has 1 unspecified atom stereocenters. The van der Waals surface area contributed by atoms with Crippen LogP contribution in [0.15, 0.2) is 12.1 Å². The number of hydrogen-bond donors (Lipinski definition) is 1. The summed E-state index contributed by atoms with van der Waals surface area (Å²) in [5.74, 6) is -0.0686. The van der Waals surface area contributed by atoms with Gasteiger partial charge in [-0.15, -0.1) is 11.3 Å². The lowest BCUT2D eigenvalue weighted by atomic mass is 10.1. The maximum absolute atomic E-state index is 12.4. The Hall–Kier alpha value is -1.75. The summed E-state index contributed by atoms with van der Waals surface area (Å²) in [6.45, 7) is 9.91. The summed E-state index contributed by atoms with van der Waals surface area (Å²) >= 11 is 1.65. The van der Waals surface area contributed by atoms with Gasteiger partial charge in [0.1, 0.15) is 5.01 Å². The number of nitrogens with zero attached hydrogens (tertiary/aromatic N) is 2. The largest absolute Gasteiger partial charge is 0.343 e. The molecule has 0 aromatic carbocycles. The summed E-state index contributed by atoms with van der Waals surface area (Å²) < 4.78 is 0. The van der Waals surface area contributed by atoms with Gasteiger partial charge in [-0.1, -0.05) is 6.92 Å². The Kier molecular flexibility index (Phi) is 4.73. The van der Waals surface area contributed by atoms with Crippen LogP contribution < -0.4 is 5.32 Å². The van der Waals surface area contributed by atoms with Crippen LogP contribution in [0.4, 0.5) is 0 Å². The minimum absolute atomic E-state index is 0.0383. The second-order valence-corrected chi connectivity index (χ2v) is 6.50. The summed E-state index contributed by atoms with van der Waals surface area (Å²) in [7, 11) is 0. The standard InChI is InChI=1S/C16H21N3OS/c1-6-14(16-18-11(4)12(5)21-16)19-15(20)13-7-9(2)17-10(3)8-13/h7-8,14H,6H2,1-5H3,(H,19,20). The van der Waals surface area contributed by atoms with Crippen LogP contribution in [-0.2, 0) is 0 Å². The Morgan fingerprint density at radius 3 is 2.29 bits per heavy atom. The molecule has 0 aliphatic carbocycles. The summed E-state index contributed by atoms with van der Waals surface area (Å²) in [5.41, 5.74) is 3.41. The van der Waals surface area contributed by atoms with E-state index >= 15 is 0 Å². The monoisotopic (exact) mass is 303 g/mol. The van der Waals surface area contributed by atoms with Gasteiger partial charge >= 0.3 is 0 Å². The number of aryl methyl sites for hydroxylation is 4. The molecule has 2 aromatic heterocycles. The van der Waals surface area contributed by atoms with E-state index in [1.807, 2.05) is 32.9 Å². The fourth-order valence-electron chi connectivity index (χ4n) is 2.19. The highest BCUT2D eigenvalue weighted by molar-refractivity contribution is 7.11. The minimum atomic E-state index is -0.0686. The highest BCUT2D eigenvalue weighted by Crippen LogP contribution is 2.25. The molecule has 0 saturated heterocycles. The molecule has 0 saturated carbocycles. The molecule has 2 heterocycles. The van der Waals surface area contributed by atoms with E-state index < -0.39 is 0 Å². The third-order valence-corrected chi connectivity index (χ3v) is 4.59.